The van der Waals surface area contributed by atoms with Crippen LogP contribution in [0.15, 0.2) is 40.6 Å². The van der Waals surface area contributed by atoms with E-state index in [9.17, 15) is 13.6 Å². The van der Waals surface area contributed by atoms with Gasteiger partial charge in [0.1, 0.15) is 5.00 Å². The highest BCUT2D eigenvalue weighted by atomic mass is 32.1. The van der Waals surface area contributed by atoms with E-state index in [1.165, 1.54) is 22.2 Å². The van der Waals surface area contributed by atoms with Gasteiger partial charge in [-0.3, -0.25) is 14.9 Å². The van der Waals surface area contributed by atoms with E-state index >= 15 is 0 Å². The van der Waals surface area contributed by atoms with Crippen LogP contribution in [0.2, 0.25) is 0 Å². The monoisotopic (exact) mass is 303 g/mol. The summed E-state index contributed by atoms with van der Waals surface area (Å²) in [6.07, 6.45) is 1.37. The summed E-state index contributed by atoms with van der Waals surface area (Å²) in [5, 5.41) is 6.21. The molecule has 1 aromatic carbocycles. The fourth-order valence-corrected chi connectivity index (χ4v) is 2.99. The first-order valence-corrected chi connectivity index (χ1v) is 6.95. The molecule has 1 N–H and O–H groups in total. The van der Waals surface area contributed by atoms with E-state index in [0.29, 0.717) is 26.8 Å². The number of pyridine rings is 1. The van der Waals surface area contributed by atoms with Crippen molar-refractivity contribution >= 4 is 33.1 Å². The maximum atomic E-state index is 13.5. The van der Waals surface area contributed by atoms with E-state index in [2.05, 4.69) is 10.1 Å². The molecule has 3 heterocycles. The van der Waals surface area contributed by atoms with Crippen LogP contribution >= 0.6 is 11.3 Å². The number of rotatable bonds is 1. The number of aromatic nitrogens is 3. The summed E-state index contributed by atoms with van der Waals surface area (Å²) in [5.74, 6) is -1.93. The average molecular weight is 303 g/mol. The molecule has 0 aliphatic carbocycles. The number of fused-ring (bicyclic) bond motifs is 3. The van der Waals surface area contributed by atoms with Crippen LogP contribution in [0.4, 0.5) is 8.78 Å². The van der Waals surface area contributed by atoms with Crippen molar-refractivity contribution in [2.45, 2.75) is 0 Å². The molecule has 0 unspecified atom stereocenters. The van der Waals surface area contributed by atoms with Gasteiger partial charge in [-0.2, -0.15) is 0 Å². The van der Waals surface area contributed by atoms with E-state index < -0.39 is 11.6 Å². The Balaban J connectivity index is 2.15. The second kappa shape index (κ2) is 4.23. The van der Waals surface area contributed by atoms with Gasteiger partial charge in [0.2, 0.25) is 0 Å². The Morgan fingerprint density at radius 2 is 2.00 bits per heavy atom. The van der Waals surface area contributed by atoms with Crippen LogP contribution in [0.1, 0.15) is 0 Å². The molecule has 0 amide bonds. The van der Waals surface area contributed by atoms with Gasteiger partial charge in [0, 0.05) is 17.6 Å². The van der Waals surface area contributed by atoms with Crippen LogP contribution in [-0.4, -0.2) is 14.8 Å². The van der Waals surface area contributed by atoms with Gasteiger partial charge in [-0.25, -0.2) is 13.5 Å². The summed E-state index contributed by atoms with van der Waals surface area (Å²) in [7, 11) is 0. The predicted molar refractivity (Wildman–Crippen MR) is 77.0 cm³/mol. The van der Waals surface area contributed by atoms with Gasteiger partial charge in [-0.1, -0.05) is 0 Å². The van der Waals surface area contributed by atoms with Crippen molar-refractivity contribution in [2.24, 2.45) is 0 Å². The lowest BCUT2D eigenvalue weighted by molar-refractivity contribution is 0.511. The van der Waals surface area contributed by atoms with Gasteiger partial charge in [0.25, 0.3) is 5.56 Å². The second-order valence-electron chi connectivity index (χ2n) is 4.53. The number of thiophene rings is 1. The van der Waals surface area contributed by atoms with E-state index in [-0.39, 0.29) is 5.56 Å². The Labute approximate surface area is 120 Å². The zero-order chi connectivity index (χ0) is 14.6. The zero-order valence-corrected chi connectivity index (χ0v) is 11.2. The number of nitrogens with one attached hydrogen (secondary N) is 1. The highest BCUT2D eigenvalue weighted by molar-refractivity contribution is 7.12. The van der Waals surface area contributed by atoms with Gasteiger partial charge in [0.05, 0.1) is 16.4 Å². The second-order valence-corrected chi connectivity index (χ2v) is 5.46. The first kappa shape index (κ1) is 12.2. The van der Waals surface area contributed by atoms with Crippen LogP contribution < -0.4 is 5.56 Å². The summed E-state index contributed by atoms with van der Waals surface area (Å²) in [6.45, 7) is 0. The van der Waals surface area contributed by atoms with Crippen LogP contribution in [0.25, 0.3) is 26.8 Å². The van der Waals surface area contributed by atoms with Gasteiger partial charge in [-0.15, -0.1) is 11.3 Å². The molecule has 0 saturated carbocycles. The number of halogens is 2. The Kier molecular flexibility index (Phi) is 2.46. The van der Waals surface area contributed by atoms with E-state index in [1.807, 2.05) is 11.4 Å². The van der Waals surface area contributed by atoms with E-state index in [1.54, 1.807) is 6.07 Å². The molecule has 4 nitrogen and oxygen atoms in total. The molecule has 0 spiro atoms. The molecule has 0 aliphatic heterocycles. The fourth-order valence-electron chi connectivity index (χ4n) is 2.31. The highest BCUT2D eigenvalue weighted by Crippen LogP contribution is 2.24. The maximum Gasteiger partial charge on any atom is 0.281 e. The van der Waals surface area contributed by atoms with Crippen molar-refractivity contribution < 1.29 is 8.78 Å². The minimum absolute atomic E-state index is 0.272. The lowest BCUT2D eigenvalue weighted by atomic mass is 10.1. The first-order chi connectivity index (χ1) is 10.1. The topological polar surface area (TPSA) is 50.7 Å². The molecule has 7 heteroatoms. The first-order valence-electron chi connectivity index (χ1n) is 6.07. The van der Waals surface area contributed by atoms with Crippen molar-refractivity contribution in [3.63, 3.8) is 0 Å². The standard InChI is InChI=1S/C14H7F2N3OS/c15-9-4-7-11(5-10(9)16)17-6-8-13(7)18-19(14(8)20)12-2-1-3-21-12/h1-6,18H. The number of H-pyrrole nitrogens is 1. The van der Waals surface area contributed by atoms with Gasteiger partial charge in [0.15, 0.2) is 11.6 Å². The highest BCUT2D eigenvalue weighted by Gasteiger charge is 2.14. The number of aromatic amines is 1. The Hall–Kier alpha value is -2.54. The summed E-state index contributed by atoms with van der Waals surface area (Å²) in [4.78, 5) is 16.4. The number of benzene rings is 1. The molecular weight excluding hydrogens is 296 g/mol. The zero-order valence-electron chi connectivity index (χ0n) is 10.4. The van der Waals surface area contributed by atoms with Crippen LogP contribution in [0.5, 0.6) is 0 Å². The molecule has 0 radical (unpaired) electrons. The predicted octanol–water partition coefficient (Wildman–Crippen LogP) is 3.21. The third kappa shape index (κ3) is 1.71. The minimum Gasteiger partial charge on any atom is -0.289 e. The van der Waals surface area contributed by atoms with Crippen LogP contribution in [-0.2, 0) is 0 Å². The van der Waals surface area contributed by atoms with Gasteiger partial charge < -0.3 is 0 Å². The fraction of sp³-hybridized carbons (Fsp3) is 0. The summed E-state index contributed by atoms with van der Waals surface area (Å²) >= 11 is 1.39. The molecule has 4 aromatic rings. The lowest BCUT2D eigenvalue weighted by Crippen LogP contribution is -2.12. The van der Waals surface area contributed by atoms with Crippen molar-refractivity contribution in [1.29, 1.82) is 0 Å². The minimum atomic E-state index is -0.971. The third-order valence-electron chi connectivity index (χ3n) is 3.29. The summed E-state index contributed by atoms with van der Waals surface area (Å²) in [6, 6.07) is 5.68. The molecule has 0 fully saturated rings. The van der Waals surface area contributed by atoms with Crippen molar-refractivity contribution in [1.82, 2.24) is 14.8 Å². The summed E-state index contributed by atoms with van der Waals surface area (Å²) in [5.41, 5.74) is 0.463. The van der Waals surface area contributed by atoms with E-state index in [4.69, 9.17) is 0 Å². The smallest absolute Gasteiger partial charge is 0.281 e. The normalized spacial score (nSPS) is 11.5. The van der Waals surface area contributed by atoms with Crippen molar-refractivity contribution in [3.05, 3.63) is 57.8 Å². The van der Waals surface area contributed by atoms with Crippen LogP contribution in [0, 0.1) is 11.6 Å². The van der Waals surface area contributed by atoms with Crippen LogP contribution in [0.3, 0.4) is 0 Å². The molecule has 4 rings (SSSR count). The van der Waals surface area contributed by atoms with Gasteiger partial charge >= 0.3 is 0 Å². The maximum absolute atomic E-state index is 13.5. The Morgan fingerprint density at radius 3 is 2.76 bits per heavy atom. The average Bonchev–Trinajstić information content (AvgIpc) is 3.08. The lowest BCUT2D eigenvalue weighted by Gasteiger charge is -1.99. The SMILES string of the molecule is O=c1c2cnc3cc(F)c(F)cc3c2[nH]n1-c1cccs1. The third-order valence-corrected chi connectivity index (χ3v) is 4.15. The number of hydrogen-bond donors (Lipinski definition) is 1. The molecule has 0 saturated heterocycles. The Bertz CT molecular complexity index is 1030. The molecule has 0 aliphatic rings. The molecule has 0 atom stereocenters. The van der Waals surface area contributed by atoms with E-state index in [0.717, 1.165) is 12.1 Å². The largest absolute Gasteiger partial charge is 0.289 e. The quantitative estimate of drug-likeness (QED) is 0.587. The summed E-state index contributed by atoms with van der Waals surface area (Å²) < 4.78 is 28.1. The van der Waals surface area contributed by atoms with Crippen molar-refractivity contribution in [3.8, 4) is 5.00 Å². The number of hydrogen-bond acceptors (Lipinski definition) is 3. The molecular formula is C14H7F2N3OS. The molecule has 21 heavy (non-hydrogen) atoms. The van der Waals surface area contributed by atoms with Gasteiger partial charge in [-0.05, 0) is 23.6 Å². The Morgan fingerprint density at radius 1 is 1.19 bits per heavy atom. The molecule has 0 bridgehead atoms. The van der Waals surface area contributed by atoms with Crippen molar-refractivity contribution in [2.75, 3.05) is 0 Å². The molecule has 3 aromatic heterocycles. The molecule has 104 valence electrons. The number of nitrogens with zero attached hydrogens (tertiary/aromatic N) is 2.